The van der Waals surface area contributed by atoms with E-state index in [9.17, 15) is 13.2 Å². The van der Waals surface area contributed by atoms with E-state index in [0.29, 0.717) is 17.4 Å². The van der Waals surface area contributed by atoms with Crippen LogP contribution in [-0.2, 0) is 14.6 Å². The SMILES string of the molecule is Cc1cc(C)n2nc(SCC(=O)N(C3CCCCC3)[C@@H]3CCS(=O)(=O)C3)nc2n1. The van der Waals surface area contributed by atoms with Gasteiger partial charge in [-0.3, -0.25) is 4.79 Å². The van der Waals surface area contributed by atoms with Gasteiger partial charge in [0.2, 0.25) is 11.1 Å². The standard InChI is InChI=1S/C19H27N5O3S2/c1-13-10-14(2)24-18(20-13)21-19(22-24)28-11-17(25)23(15-6-4-3-5-7-15)16-8-9-29(26,27)12-16/h10,15-16H,3-9,11-12H2,1-2H3/t16-/m1/s1. The summed E-state index contributed by atoms with van der Waals surface area (Å²) in [5.74, 6) is 1.00. The van der Waals surface area contributed by atoms with Crippen molar-refractivity contribution in [1.29, 1.82) is 0 Å². The van der Waals surface area contributed by atoms with Crippen LogP contribution in [0.5, 0.6) is 0 Å². The predicted octanol–water partition coefficient (Wildman–Crippen LogP) is 2.18. The van der Waals surface area contributed by atoms with E-state index in [1.165, 1.54) is 18.2 Å². The molecule has 0 radical (unpaired) electrons. The Labute approximate surface area is 175 Å². The molecular weight excluding hydrogens is 410 g/mol. The number of amides is 1. The van der Waals surface area contributed by atoms with Gasteiger partial charge in [-0.1, -0.05) is 31.0 Å². The number of carbonyl (C=O) groups excluding carboxylic acids is 1. The van der Waals surface area contributed by atoms with Gasteiger partial charge in [0.25, 0.3) is 5.78 Å². The maximum absolute atomic E-state index is 13.2. The Balaban J connectivity index is 1.49. The van der Waals surface area contributed by atoms with Gasteiger partial charge >= 0.3 is 0 Å². The van der Waals surface area contributed by atoms with Gasteiger partial charge in [-0.15, -0.1) is 5.10 Å². The summed E-state index contributed by atoms with van der Waals surface area (Å²) in [5.41, 5.74) is 1.82. The molecule has 1 amide bonds. The van der Waals surface area contributed by atoms with E-state index in [2.05, 4.69) is 15.1 Å². The Morgan fingerprint density at radius 2 is 1.93 bits per heavy atom. The van der Waals surface area contributed by atoms with Crippen LogP contribution in [0.3, 0.4) is 0 Å². The van der Waals surface area contributed by atoms with Crippen molar-refractivity contribution in [2.75, 3.05) is 17.3 Å². The lowest BCUT2D eigenvalue weighted by Gasteiger charge is -2.38. The molecule has 0 bridgehead atoms. The van der Waals surface area contributed by atoms with E-state index in [-0.39, 0.29) is 35.2 Å². The zero-order valence-electron chi connectivity index (χ0n) is 16.9. The molecule has 2 aromatic rings. The molecule has 3 heterocycles. The average molecular weight is 438 g/mol. The molecule has 2 fully saturated rings. The first kappa shape index (κ1) is 20.6. The molecule has 1 saturated heterocycles. The van der Waals surface area contributed by atoms with Crippen molar-refractivity contribution in [1.82, 2.24) is 24.5 Å². The Morgan fingerprint density at radius 3 is 2.62 bits per heavy atom. The Bertz CT molecular complexity index is 1010. The number of hydrogen-bond acceptors (Lipinski definition) is 7. The second-order valence-corrected chi connectivity index (χ2v) is 11.3. The fourth-order valence-corrected chi connectivity index (χ4v) is 6.87. The van der Waals surface area contributed by atoms with Crippen LogP contribution in [0.2, 0.25) is 0 Å². The van der Waals surface area contributed by atoms with E-state index in [0.717, 1.165) is 37.1 Å². The summed E-state index contributed by atoms with van der Waals surface area (Å²) in [4.78, 5) is 23.9. The molecule has 0 aromatic carbocycles. The number of hydrogen-bond donors (Lipinski definition) is 0. The van der Waals surface area contributed by atoms with Crippen molar-refractivity contribution >= 4 is 33.3 Å². The number of sulfone groups is 1. The summed E-state index contributed by atoms with van der Waals surface area (Å²) in [7, 11) is -3.04. The Hall–Kier alpha value is -1.68. The average Bonchev–Trinajstić information content (AvgIpc) is 3.24. The van der Waals surface area contributed by atoms with Crippen molar-refractivity contribution in [2.24, 2.45) is 0 Å². The van der Waals surface area contributed by atoms with Gasteiger partial charge < -0.3 is 4.90 Å². The third-order valence-electron chi connectivity index (χ3n) is 5.78. The van der Waals surface area contributed by atoms with Crippen LogP contribution in [0.15, 0.2) is 11.2 Å². The van der Waals surface area contributed by atoms with Gasteiger partial charge in [0.05, 0.1) is 17.3 Å². The van der Waals surface area contributed by atoms with E-state index in [1.807, 2.05) is 24.8 Å². The zero-order valence-corrected chi connectivity index (χ0v) is 18.5. The van der Waals surface area contributed by atoms with Crippen molar-refractivity contribution < 1.29 is 13.2 Å². The van der Waals surface area contributed by atoms with Crippen LogP contribution < -0.4 is 0 Å². The van der Waals surface area contributed by atoms with Crippen molar-refractivity contribution in [3.63, 3.8) is 0 Å². The molecule has 0 spiro atoms. The largest absolute Gasteiger partial charge is 0.335 e. The van der Waals surface area contributed by atoms with Crippen molar-refractivity contribution in [2.45, 2.75) is 69.6 Å². The number of thioether (sulfide) groups is 1. The highest BCUT2D eigenvalue weighted by Crippen LogP contribution is 2.29. The van der Waals surface area contributed by atoms with Crippen molar-refractivity contribution in [3.8, 4) is 0 Å². The van der Waals surface area contributed by atoms with Crippen LogP contribution in [0, 0.1) is 13.8 Å². The Morgan fingerprint density at radius 1 is 1.17 bits per heavy atom. The molecule has 0 N–H and O–H groups in total. The second-order valence-electron chi connectivity index (χ2n) is 8.08. The first-order valence-corrected chi connectivity index (χ1v) is 13.0. The molecule has 1 aliphatic carbocycles. The number of rotatable bonds is 5. The molecule has 4 rings (SSSR count). The zero-order chi connectivity index (χ0) is 20.6. The maximum Gasteiger partial charge on any atom is 0.253 e. The second kappa shape index (κ2) is 8.22. The molecular formula is C19H27N5O3S2. The van der Waals surface area contributed by atoms with Gasteiger partial charge in [0, 0.05) is 23.5 Å². The van der Waals surface area contributed by atoms with Crippen LogP contribution in [0.4, 0.5) is 0 Å². The van der Waals surface area contributed by atoms with Crippen LogP contribution in [-0.4, -0.2) is 68.1 Å². The number of aryl methyl sites for hydroxylation is 2. The summed E-state index contributed by atoms with van der Waals surface area (Å²) >= 11 is 1.30. The highest BCUT2D eigenvalue weighted by Gasteiger charge is 2.38. The first-order valence-electron chi connectivity index (χ1n) is 10.2. The highest BCUT2D eigenvalue weighted by molar-refractivity contribution is 7.99. The summed E-state index contributed by atoms with van der Waals surface area (Å²) < 4.78 is 25.7. The topological polar surface area (TPSA) is 97.5 Å². The summed E-state index contributed by atoms with van der Waals surface area (Å²) in [6, 6.07) is 1.89. The molecule has 1 saturated carbocycles. The van der Waals surface area contributed by atoms with Gasteiger partial charge in [-0.2, -0.15) is 4.98 Å². The molecule has 0 unspecified atom stereocenters. The van der Waals surface area contributed by atoms with E-state index >= 15 is 0 Å². The molecule has 1 aliphatic heterocycles. The lowest BCUT2D eigenvalue weighted by atomic mass is 9.93. The first-order chi connectivity index (χ1) is 13.8. The van der Waals surface area contributed by atoms with E-state index in [4.69, 9.17) is 0 Å². The van der Waals surface area contributed by atoms with Gasteiger partial charge in [-0.25, -0.2) is 17.9 Å². The summed E-state index contributed by atoms with van der Waals surface area (Å²) in [6.07, 6.45) is 5.85. The van der Waals surface area contributed by atoms with Gasteiger partial charge in [0.1, 0.15) is 0 Å². The third kappa shape index (κ3) is 4.58. The fourth-order valence-electron chi connectivity index (χ4n) is 4.47. The number of carbonyl (C=O) groups is 1. The number of nitrogens with zero attached hydrogens (tertiary/aromatic N) is 5. The highest BCUT2D eigenvalue weighted by atomic mass is 32.2. The predicted molar refractivity (Wildman–Crippen MR) is 112 cm³/mol. The van der Waals surface area contributed by atoms with Crippen molar-refractivity contribution in [3.05, 3.63) is 17.5 Å². The summed E-state index contributed by atoms with van der Waals surface area (Å²) in [5, 5.41) is 4.97. The quantitative estimate of drug-likeness (QED) is 0.661. The van der Waals surface area contributed by atoms with E-state index < -0.39 is 9.84 Å². The molecule has 158 valence electrons. The minimum atomic E-state index is -3.04. The maximum atomic E-state index is 13.2. The smallest absolute Gasteiger partial charge is 0.253 e. The van der Waals surface area contributed by atoms with E-state index in [1.54, 1.807) is 4.52 Å². The lowest BCUT2D eigenvalue weighted by molar-refractivity contribution is -0.133. The molecule has 2 aliphatic rings. The van der Waals surface area contributed by atoms with Gasteiger partial charge in [0.15, 0.2) is 9.84 Å². The minimum Gasteiger partial charge on any atom is -0.335 e. The lowest BCUT2D eigenvalue weighted by Crippen LogP contribution is -2.49. The third-order valence-corrected chi connectivity index (χ3v) is 8.35. The summed E-state index contributed by atoms with van der Waals surface area (Å²) in [6.45, 7) is 3.86. The Kier molecular flexibility index (Phi) is 5.83. The van der Waals surface area contributed by atoms with Crippen LogP contribution in [0.25, 0.3) is 5.78 Å². The molecule has 8 nitrogen and oxygen atoms in total. The molecule has 2 aromatic heterocycles. The fraction of sp³-hybridized carbons (Fsp3) is 0.684. The molecule has 10 heteroatoms. The molecule has 29 heavy (non-hydrogen) atoms. The minimum absolute atomic E-state index is 0.0104. The van der Waals surface area contributed by atoms with Gasteiger partial charge in [-0.05, 0) is 39.2 Å². The molecule has 1 atom stereocenters. The number of fused-ring (bicyclic) bond motifs is 1. The van der Waals surface area contributed by atoms with Crippen LogP contribution in [0.1, 0.15) is 49.9 Å². The normalized spacial score (nSPS) is 22.2. The van der Waals surface area contributed by atoms with Crippen LogP contribution >= 0.6 is 11.8 Å². The number of aromatic nitrogens is 4. The monoisotopic (exact) mass is 437 g/mol.